The van der Waals surface area contributed by atoms with Gasteiger partial charge in [0.05, 0.1) is 36.3 Å². The molecule has 1 atom stereocenters. The summed E-state index contributed by atoms with van der Waals surface area (Å²) in [4.78, 5) is 35.7. The first-order chi connectivity index (χ1) is 21.2. The van der Waals surface area contributed by atoms with Crippen LogP contribution in [0, 0.1) is 0 Å². The van der Waals surface area contributed by atoms with Crippen molar-refractivity contribution in [2.45, 2.75) is 74.2 Å². The van der Waals surface area contributed by atoms with Crippen molar-refractivity contribution < 1.29 is 22.4 Å². The molecule has 0 radical (unpaired) electrons. The van der Waals surface area contributed by atoms with Gasteiger partial charge in [-0.3, -0.25) is 9.59 Å². The Morgan fingerprint density at radius 2 is 1.84 bits per heavy atom. The van der Waals surface area contributed by atoms with Crippen LogP contribution in [0.4, 0.5) is 13.2 Å². The molecule has 2 N–H and O–H groups in total. The van der Waals surface area contributed by atoms with Crippen molar-refractivity contribution in [2.24, 2.45) is 0 Å². The highest BCUT2D eigenvalue weighted by Gasteiger charge is 2.30. The van der Waals surface area contributed by atoms with Crippen LogP contribution in [0.15, 0.2) is 69.0 Å². The summed E-state index contributed by atoms with van der Waals surface area (Å²) in [7, 11) is 0. The highest BCUT2D eigenvalue weighted by molar-refractivity contribution is 7.99. The average molecular weight is 625 g/mol. The Morgan fingerprint density at radius 3 is 2.55 bits per heavy atom. The summed E-state index contributed by atoms with van der Waals surface area (Å²) in [5, 5.41) is 12.6. The van der Waals surface area contributed by atoms with Gasteiger partial charge in [-0.25, -0.2) is 4.98 Å². The second kappa shape index (κ2) is 12.9. The fraction of sp³-hybridized carbons (Fsp3) is 0.387. The number of aromatic amines is 1. The lowest BCUT2D eigenvalue weighted by molar-refractivity contribution is -0.137. The van der Waals surface area contributed by atoms with E-state index in [2.05, 4.69) is 20.5 Å². The van der Waals surface area contributed by atoms with Gasteiger partial charge in [0, 0.05) is 30.7 Å². The van der Waals surface area contributed by atoms with Crippen LogP contribution in [0.5, 0.6) is 0 Å². The van der Waals surface area contributed by atoms with E-state index in [4.69, 9.17) is 9.40 Å². The average Bonchev–Trinajstić information content (AvgIpc) is 3.44. The van der Waals surface area contributed by atoms with Gasteiger partial charge in [0.2, 0.25) is 17.7 Å². The van der Waals surface area contributed by atoms with Gasteiger partial charge in [-0.2, -0.15) is 13.2 Å². The van der Waals surface area contributed by atoms with E-state index in [-0.39, 0.29) is 49.3 Å². The lowest BCUT2D eigenvalue weighted by Crippen LogP contribution is -2.41. The molecule has 0 spiro atoms. The van der Waals surface area contributed by atoms with Gasteiger partial charge in [-0.1, -0.05) is 60.6 Å². The van der Waals surface area contributed by atoms with E-state index in [1.54, 1.807) is 16.7 Å². The molecule has 1 unspecified atom stereocenters. The summed E-state index contributed by atoms with van der Waals surface area (Å²) in [6.07, 6.45) is -0.0457. The van der Waals surface area contributed by atoms with Crippen LogP contribution in [0.2, 0.25) is 0 Å². The number of hydrogen-bond acceptors (Lipinski definition) is 8. The topological polar surface area (TPSA) is 117 Å². The number of rotatable bonds is 10. The van der Waals surface area contributed by atoms with E-state index in [1.165, 1.54) is 18.6 Å². The molecule has 6 rings (SSSR count). The van der Waals surface area contributed by atoms with Gasteiger partial charge in [0.15, 0.2) is 5.16 Å². The summed E-state index contributed by atoms with van der Waals surface area (Å²) in [6, 6.07) is 14.0. The van der Waals surface area contributed by atoms with E-state index in [0.717, 1.165) is 36.2 Å². The van der Waals surface area contributed by atoms with Crippen molar-refractivity contribution in [3.63, 3.8) is 0 Å². The van der Waals surface area contributed by atoms with Crippen molar-refractivity contribution in [3.05, 3.63) is 105 Å². The number of nitrogens with one attached hydrogen (secondary N) is 2. The molecular weight excluding hydrogens is 593 g/mol. The fourth-order valence-corrected chi connectivity index (χ4v) is 6.44. The summed E-state index contributed by atoms with van der Waals surface area (Å²) >= 11 is 1.63. The number of alkyl halides is 3. The Kier molecular flexibility index (Phi) is 8.85. The van der Waals surface area contributed by atoms with Crippen molar-refractivity contribution >= 4 is 17.7 Å². The first-order valence-corrected chi connectivity index (χ1v) is 15.4. The molecule has 3 heterocycles. The molecule has 13 heteroatoms. The predicted octanol–water partition coefficient (Wildman–Crippen LogP) is 5.21. The Hall–Kier alpha value is -3.97. The highest BCUT2D eigenvalue weighted by Crippen LogP contribution is 2.35. The molecule has 9 nitrogen and oxygen atoms in total. The minimum Gasteiger partial charge on any atom is -0.424 e. The molecule has 1 aliphatic heterocycles. The fourth-order valence-electron chi connectivity index (χ4n) is 5.24. The van der Waals surface area contributed by atoms with Gasteiger partial charge in [-0.15, -0.1) is 10.2 Å². The largest absolute Gasteiger partial charge is 0.424 e. The Morgan fingerprint density at radius 1 is 1.09 bits per heavy atom. The molecule has 1 amide bonds. The lowest BCUT2D eigenvalue weighted by atomic mass is 10.0. The predicted molar refractivity (Wildman–Crippen MR) is 157 cm³/mol. The van der Waals surface area contributed by atoms with E-state index in [1.807, 2.05) is 30.3 Å². The Labute approximate surface area is 255 Å². The number of H-pyrrole nitrogens is 1. The number of hydrogen-bond donors (Lipinski definition) is 2. The standard InChI is InChI=1S/C31H31F3N6O3S/c32-31(33,34)21-11-9-19(10-12-21)15-26-38-39-27(43-26)17-35-25(20-5-2-1-3-6-20)16-28(41)40-14-13-24-23(18-40)29(42)37-30(36-24)44-22-7-4-8-22/h1-3,5-6,9-12,22,25,35H,4,7-8,13-18H2,(H,36,37,42). The molecule has 230 valence electrons. The van der Waals surface area contributed by atoms with Gasteiger partial charge >= 0.3 is 6.18 Å². The minimum absolute atomic E-state index is 0.0992. The SMILES string of the molecule is O=C(CC(NCc1nnc(Cc2ccc(C(F)(F)F)cc2)o1)c1ccccc1)N1CCc2nc(SC3CCC3)[nH]c(=O)c2C1. The molecule has 1 fully saturated rings. The molecule has 2 aromatic carbocycles. The van der Waals surface area contributed by atoms with Crippen molar-refractivity contribution in [3.8, 4) is 0 Å². The molecule has 0 saturated heterocycles. The number of halogens is 3. The maximum Gasteiger partial charge on any atom is 0.416 e. The van der Waals surface area contributed by atoms with Crippen LogP contribution in [-0.4, -0.2) is 42.8 Å². The number of benzene rings is 2. The molecular formula is C31H31F3N6O3S. The van der Waals surface area contributed by atoms with Crippen LogP contribution in [0.1, 0.15) is 71.5 Å². The van der Waals surface area contributed by atoms with Crippen LogP contribution >= 0.6 is 11.8 Å². The maximum atomic E-state index is 13.5. The quantitative estimate of drug-likeness (QED) is 0.231. The zero-order valence-electron chi connectivity index (χ0n) is 23.8. The number of nitrogens with zero attached hydrogens (tertiary/aromatic N) is 4. The van der Waals surface area contributed by atoms with Gasteiger partial charge in [-0.05, 0) is 36.1 Å². The van der Waals surface area contributed by atoms with E-state index in [0.29, 0.717) is 40.4 Å². The van der Waals surface area contributed by atoms with Gasteiger partial charge in [0.1, 0.15) is 0 Å². The molecule has 2 aromatic heterocycles. The Bertz CT molecular complexity index is 1650. The first-order valence-electron chi connectivity index (χ1n) is 14.5. The summed E-state index contributed by atoms with van der Waals surface area (Å²) in [5.41, 5.74) is 1.91. The highest BCUT2D eigenvalue weighted by atomic mass is 32.2. The third-order valence-electron chi connectivity index (χ3n) is 7.96. The van der Waals surface area contributed by atoms with E-state index >= 15 is 0 Å². The lowest BCUT2D eigenvalue weighted by Gasteiger charge is -2.30. The van der Waals surface area contributed by atoms with Crippen LogP contribution in [0.3, 0.4) is 0 Å². The monoisotopic (exact) mass is 624 g/mol. The summed E-state index contributed by atoms with van der Waals surface area (Å²) < 4.78 is 44.3. The van der Waals surface area contributed by atoms with Crippen molar-refractivity contribution in [1.29, 1.82) is 0 Å². The van der Waals surface area contributed by atoms with E-state index < -0.39 is 11.7 Å². The number of thioether (sulfide) groups is 1. The second-order valence-electron chi connectivity index (χ2n) is 11.0. The Balaban J connectivity index is 1.08. The number of carbonyl (C=O) groups is 1. The molecule has 44 heavy (non-hydrogen) atoms. The molecule has 1 saturated carbocycles. The minimum atomic E-state index is -4.40. The zero-order valence-corrected chi connectivity index (χ0v) is 24.6. The smallest absolute Gasteiger partial charge is 0.416 e. The number of aromatic nitrogens is 4. The van der Waals surface area contributed by atoms with Gasteiger partial charge in [0.25, 0.3) is 5.56 Å². The maximum absolute atomic E-state index is 13.5. The van der Waals surface area contributed by atoms with Crippen molar-refractivity contribution in [2.75, 3.05) is 6.54 Å². The number of amides is 1. The van der Waals surface area contributed by atoms with Crippen LogP contribution in [0.25, 0.3) is 0 Å². The van der Waals surface area contributed by atoms with E-state index in [9.17, 15) is 22.8 Å². The third kappa shape index (κ3) is 7.21. The molecule has 4 aromatic rings. The normalized spacial score (nSPS) is 15.9. The molecule has 1 aliphatic carbocycles. The van der Waals surface area contributed by atoms with Crippen LogP contribution in [-0.2, 0) is 36.9 Å². The number of fused-ring (bicyclic) bond motifs is 1. The summed E-state index contributed by atoms with van der Waals surface area (Å²) in [5.74, 6) is 0.465. The molecule has 0 bridgehead atoms. The summed E-state index contributed by atoms with van der Waals surface area (Å²) in [6.45, 7) is 0.873. The second-order valence-corrected chi connectivity index (χ2v) is 12.3. The van der Waals surface area contributed by atoms with Crippen molar-refractivity contribution in [1.82, 2.24) is 30.4 Å². The first kappa shape index (κ1) is 30.1. The zero-order chi connectivity index (χ0) is 30.7. The van der Waals surface area contributed by atoms with Crippen LogP contribution < -0.4 is 10.9 Å². The van der Waals surface area contributed by atoms with Gasteiger partial charge < -0.3 is 19.6 Å². The molecule has 2 aliphatic rings. The number of carbonyl (C=O) groups excluding carboxylic acids is 1. The third-order valence-corrected chi connectivity index (χ3v) is 9.18.